The number of fused-ring (bicyclic) bond motifs is 1. The Labute approximate surface area is 177 Å². The van der Waals surface area contributed by atoms with Crippen molar-refractivity contribution in [1.29, 1.82) is 5.26 Å². The second-order valence-electron chi connectivity index (χ2n) is 8.26. The van der Waals surface area contributed by atoms with E-state index in [0.717, 1.165) is 12.1 Å². The van der Waals surface area contributed by atoms with Gasteiger partial charge in [0.25, 0.3) is 0 Å². The topological polar surface area (TPSA) is 58.2 Å². The molecule has 1 heterocycles. The SMILES string of the molecule is COc1ccc(F)cc1C(C)(C)CC(O)(Cn1ccc2cc(C#N)ccc21)C(F)(F)F. The van der Waals surface area contributed by atoms with E-state index >= 15 is 0 Å². The molecule has 0 aliphatic rings. The molecule has 164 valence electrons. The van der Waals surface area contributed by atoms with E-state index in [1.165, 1.54) is 43.9 Å². The fraction of sp³-hybridized carbons (Fsp3) is 0.348. The van der Waals surface area contributed by atoms with Crippen LogP contribution in [0.25, 0.3) is 10.9 Å². The first-order valence-electron chi connectivity index (χ1n) is 9.52. The van der Waals surface area contributed by atoms with Gasteiger partial charge in [0.05, 0.1) is 25.3 Å². The van der Waals surface area contributed by atoms with Crippen LogP contribution in [0.3, 0.4) is 0 Å². The number of nitriles is 1. The molecule has 0 aliphatic heterocycles. The van der Waals surface area contributed by atoms with Crippen LogP contribution >= 0.6 is 0 Å². The molecule has 3 aromatic rings. The summed E-state index contributed by atoms with van der Waals surface area (Å²) in [5, 5.41) is 20.5. The van der Waals surface area contributed by atoms with E-state index in [4.69, 9.17) is 10.00 Å². The lowest BCUT2D eigenvalue weighted by molar-refractivity contribution is -0.271. The second-order valence-corrected chi connectivity index (χ2v) is 8.26. The number of rotatable bonds is 6. The van der Waals surface area contributed by atoms with Crippen LogP contribution in [0.2, 0.25) is 0 Å². The molecule has 31 heavy (non-hydrogen) atoms. The minimum atomic E-state index is -4.95. The summed E-state index contributed by atoms with van der Waals surface area (Å²) in [4.78, 5) is 0. The van der Waals surface area contributed by atoms with Crippen molar-refractivity contribution in [3.63, 3.8) is 0 Å². The van der Waals surface area contributed by atoms with Gasteiger partial charge in [-0.25, -0.2) is 4.39 Å². The quantitative estimate of drug-likeness (QED) is 0.534. The molecule has 1 N–H and O–H groups in total. The number of hydrogen-bond donors (Lipinski definition) is 1. The van der Waals surface area contributed by atoms with Crippen LogP contribution in [0.1, 0.15) is 31.4 Å². The van der Waals surface area contributed by atoms with E-state index in [-0.39, 0.29) is 11.3 Å². The molecule has 1 unspecified atom stereocenters. The first kappa shape index (κ1) is 22.6. The van der Waals surface area contributed by atoms with E-state index in [2.05, 4.69) is 0 Å². The lowest BCUT2D eigenvalue weighted by Crippen LogP contribution is -2.52. The maximum absolute atomic E-state index is 14.1. The van der Waals surface area contributed by atoms with E-state index < -0.39 is 36.0 Å². The number of halogens is 4. The summed E-state index contributed by atoms with van der Waals surface area (Å²) in [6, 6.07) is 11.8. The number of aromatic nitrogens is 1. The van der Waals surface area contributed by atoms with Crippen LogP contribution < -0.4 is 4.74 Å². The summed E-state index contributed by atoms with van der Waals surface area (Å²) >= 11 is 0. The molecule has 1 atom stereocenters. The summed E-state index contributed by atoms with van der Waals surface area (Å²) < 4.78 is 62.7. The van der Waals surface area contributed by atoms with E-state index in [1.54, 1.807) is 18.2 Å². The van der Waals surface area contributed by atoms with Crippen LogP contribution in [0.5, 0.6) is 5.75 Å². The van der Waals surface area contributed by atoms with Crippen LogP contribution in [-0.2, 0) is 12.0 Å². The molecule has 0 radical (unpaired) electrons. The molecule has 0 bridgehead atoms. The Hall–Kier alpha value is -3.05. The molecular weight excluding hydrogens is 412 g/mol. The Kier molecular flexibility index (Phi) is 5.76. The van der Waals surface area contributed by atoms with Crippen LogP contribution in [0.15, 0.2) is 48.7 Å². The van der Waals surface area contributed by atoms with Crippen LogP contribution in [0.4, 0.5) is 17.6 Å². The van der Waals surface area contributed by atoms with Crippen molar-refractivity contribution < 1.29 is 27.4 Å². The van der Waals surface area contributed by atoms with Gasteiger partial charge in [-0.2, -0.15) is 18.4 Å². The lowest BCUT2D eigenvalue weighted by atomic mass is 9.74. The summed E-state index contributed by atoms with van der Waals surface area (Å²) in [6.07, 6.45) is -4.23. The number of hydrogen-bond acceptors (Lipinski definition) is 3. The third-order valence-corrected chi connectivity index (χ3v) is 5.48. The average molecular weight is 434 g/mol. The van der Waals surface area contributed by atoms with Crippen molar-refractivity contribution in [3.05, 3.63) is 65.6 Å². The Morgan fingerprint density at radius 1 is 1.10 bits per heavy atom. The standard InChI is InChI=1S/C23H22F4N2O2/c1-21(2,18-11-17(24)5-7-20(18)31-3)13-22(30,23(25,26)27)14-29-9-8-16-10-15(12-28)4-6-19(16)29/h4-11,30H,13-14H2,1-3H3. The smallest absolute Gasteiger partial charge is 0.418 e. The van der Waals surface area contributed by atoms with Gasteiger partial charge < -0.3 is 14.4 Å². The Balaban J connectivity index is 2.02. The molecule has 3 rings (SSSR count). The van der Waals surface area contributed by atoms with Crippen molar-refractivity contribution in [3.8, 4) is 11.8 Å². The van der Waals surface area contributed by atoms with Crippen molar-refractivity contribution in [2.45, 2.75) is 44.0 Å². The van der Waals surface area contributed by atoms with Gasteiger partial charge in [-0.1, -0.05) is 13.8 Å². The number of aliphatic hydroxyl groups is 1. The van der Waals surface area contributed by atoms with Crippen LogP contribution in [0, 0.1) is 17.1 Å². The molecule has 1 aromatic heterocycles. The average Bonchev–Trinajstić information content (AvgIpc) is 3.08. The highest BCUT2D eigenvalue weighted by Gasteiger charge is 2.56. The normalized spacial score (nSPS) is 14.3. The maximum Gasteiger partial charge on any atom is 0.418 e. The van der Waals surface area contributed by atoms with E-state index in [0.29, 0.717) is 16.5 Å². The predicted molar refractivity (Wildman–Crippen MR) is 108 cm³/mol. The van der Waals surface area contributed by atoms with Gasteiger partial charge >= 0.3 is 6.18 Å². The zero-order chi connectivity index (χ0) is 23.0. The second kappa shape index (κ2) is 7.89. The molecule has 0 saturated carbocycles. The fourth-order valence-electron chi connectivity index (χ4n) is 3.97. The minimum absolute atomic E-state index is 0.230. The first-order chi connectivity index (χ1) is 14.4. The van der Waals surface area contributed by atoms with Gasteiger partial charge in [0, 0.05) is 22.7 Å². The minimum Gasteiger partial charge on any atom is -0.496 e. The van der Waals surface area contributed by atoms with E-state index in [1.807, 2.05) is 6.07 Å². The molecule has 8 heteroatoms. The summed E-state index contributed by atoms with van der Waals surface area (Å²) in [7, 11) is 1.35. The van der Waals surface area contributed by atoms with Crippen molar-refractivity contribution in [2.24, 2.45) is 0 Å². The van der Waals surface area contributed by atoms with Gasteiger partial charge in [0.2, 0.25) is 0 Å². The molecule has 4 nitrogen and oxygen atoms in total. The zero-order valence-electron chi connectivity index (χ0n) is 17.3. The number of benzene rings is 2. The van der Waals surface area contributed by atoms with Crippen molar-refractivity contribution in [1.82, 2.24) is 4.57 Å². The predicted octanol–water partition coefficient (Wildman–Crippen LogP) is 5.32. The first-order valence-corrected chi connectivity index (χ1v) is 9.52. The van der Waals surface area contributed by atoms with Gasteiger partial charge in [-0.05, 0) is 54.3 Å². The molecule has 2 aromatic carbocycles. The zero-order valence-corrected chi connectivity index (χ0v) is 17.3. The van der Waals surface area contributed by atoms with E-state index in [9.17, 15) is 22.7 Å². The van der Waals surface area contributed by atoms with Crippen LogP contribution in [-0.4, -0.2) is 28.6 Å². The number of methoxy groups -OCH3 is 1. The van der Waals surface area contributed by atoms with Crippen molar-refractivity contribution >= 4 is 10.9 Å². The third-order valence-electron chi connectivity index (χ3n) is 5.48. The summed E-state index contributed by atoms with van der Waals surface area (Å²) in [5.41, 5.74) is -3.30. The largest absolute Gasteiger partial charge is 0.496 e. The number of ether oxygens (including phenoxy) is 1. The Morgan fingerprint density at radius 2 is 1.81 bits per heavy atom. The highest BCUT2D eigenvalue weighted by Crippen LogP contribution is 2.44. The molecule has 0 aliphatic carbocycles. The van der Waals surface area contributed by atoms with Gasteiger partial charge in [0.15, 0.2) is 5.60 Å². The molecule has 0 amide bonds. The summed E-state index contributed by atoms with van der Waals surface area (Å²) in [5.74, 6) is -0.365. The molecule has 0 spiro atoms. The highest BCUT2D eigenvalue weighted by molar-refractivity contribution is 5.81. The maximum atomic E-state index is 14.1. The fourth-order valence-corrected chi connectivity index (χ4v) is 3.97. The Bertz CT molecular complexity index is 1140. The number of alkyl halides is 3. The van der Waals surface area contributed by atoms with Crippen molar-refractivity contribution in [2.75, 3.05) is 7.11 Å². The lowest BCUT2D eigenvalue weighted by Gasteiger charge is -2.38. The monoisotopic (exact) mass is 434 g/mol. The van der Waals surface area contributed by atoms with Gasteiger partial charge in [0.1, 0.15) is 11.6 Å². The van der Waals surface area contributed by atoms with Gasteiger partial charge in [-0.15, -0.1) is 0 Å². The molecular formula is C23H22F4N2O2. The summed E-state index contributed by atoms with van der Waals surface area (Å²) in [6.45, 7) is 2.26. The molecule has 0 fully saturated rings. The third kappa shape index (κ3) is 4.37. The Morgan fingerprint density at radius 3 is 2.42 bits per heavy atom. The highest BCUT2D eigenvalue weighted by atomic mass is 19.4. The molecule has 0 saturated heterocycles. The number of nitrogens with zero attached hydrogens (tertiary/aromatic N) is 2. The van der Waals surface area contributed by atoms with Gasteiger partial charge in [-0.3, -0.25) is 0 Å².